The number of benzene rings is 2. The van der Waals surface area contributed by atoms with Crippen molar-refractivity contribution in [1.82, 2.24) is 4.98 Å². The molecule has 3 aromatic rings. The van der Waals surface area contributed by atoms with Crippen molar-refractivity contribution in [3.8, 4) is 23.0 Å². The fourth-order valence-corrected chi connectivity index (χ4v) is 4.09. The molecule has 0 bridgehead atoms. The first-order chi connectivity index (χ1) is 17.2. The Balaban J connectivity index is 1.43. The molecule has 0 atom stereocenters. The van der Waals surface area contributed by atoms with Crippen LogP contribution in [0.5, 0.6) is 11.5 Å². The third-order valence-electron chi connectivity index (χ3n) is 6.19. The Bertz CT molecular complexity index is 1010. The summed E-state index contributed by atoms with van der Waals surface area (Å²) in [5.41, 5.74) is 2.33. The molecule has 0 amide bonds. The largest absolute Gasteiger partial charge is 0.494 e. The highest BCUT2D eigenvalue weighted by atomic mass is 16.5. The van der Waals surface area contributed by atoms with Gasteiger partial charge in [0.05, 0.1) is 6.61 Å². The topological polar surface area (TPSA) is 61.6 Å². The molecule has 190 valence electrons. The molecule has 0 N–H and O–H groups in total. The zero-order valence-corrected chi connectivity index (χ0v) is 21.5. The second kappa shape index (κ2) is 15.2. The monoisotopic (exact) mass is 479 g/mol. The summed E-state index contributed by atoms with van der Waals surface area (Å²) < 4.78 is 17.3. The van der Waals surface area contributed by atoms with Crippen molar-refractivity contribution < 1.29 is 18.7 Å². The first kappa shape index (κ1) is 26.8. The van der Waals surface area contributed by atoms with Gasteiger partial charge in [-0.2, -0.15) is 0 Å². The quantitative estimate of drug-likeness (QED) is 0.110. The molecule has 5 nitrogen and oxygen atoms in total. The van der Waals surface area contributed by atoms with E-state index < -0.39 is 0 Å². The van der Waals surface area contributed by atoms with Gasteiger partial charge >= 0.3 is 5.97 Å². The Kier molecular flexibility index (Phi) is 11.7. The van der Waals surface area contributed by atoms with E-state index in [1.54, 1.807) is 12.1 Å². The van der Waals surface area contributed by atoms with Crippen molar-refractivity contribution >= 4 is 17.1 Å². The smallest absolute Gasteiger partial charge is 0.311 e. The normalized spacial score (nSPS) is 11.1. The van der Waals surface area contributed by atoms with Crippen molar-refractivity contribution in [2.75, 3.05) is 6.61 Å². The number of aromatic nitrogens is 1. The molecule has 1 aromatic heterocycles. The van der Waals surface area contributed by atoms with Crippen LogP contribution in [0, 0.1) is 0 Å². The molecule has 1 heterocycles. The zero-order valence-electron chi connectivity index (χ0n) is 21.5. The summed E-state index contributed by atoms with van der Waals surface area (Å²) in [6.07, 6.45) is 14.8. The second-order valence-electron chi connectivity index (χ2n) is 9.28. The lowest BCUT2D eigenvalue weighted by atomic mass is 10.1. The molecule has 0 spiro atoms. The molecule has 0 unspecified atom stereocenters. The molecule has 0 aliphatic rings. The van der Waals surface area contributed by atoms with Gasteiger partial charge in [-0.05, 0) is 49.2 Å². The lowest BCUT2D eigenvalue weighted by Crippen LogP contribution is -2.07. The fraction of sp³-hybridized carbons (Fsp3) is 0.533. The summed E-state index contributed by atoms with van der Waals surface area (Å²) in [6.45, 7) is 5.15. The maximum atomic E-state index is 12.2. The van der Waals surface area contributed by atoms with E-state index in [0.29, 0.717) is 18.1 Å². The van der Waals surface area contributed by atoms with Gasteiger partial charge in [0, 0.05) is 18.1 Å². The van der Waals surface area contributed by atoms with Crippen LogP contribution in [0.1, 0.15) is 97.3 Å². The number of hydrogen-bond acceptors (Lipinski definition) is 5. The molecule has 3 rings (SSSR count). The standard InChI is InChI=1S/C30H41NO4/c1-3-5-7-9-10-11-12-13-15-29(32)34-25-18-16-24(17-19-25)30-31-27-23-26(20-21-28(27)35-30)33-22-14-8-6-4-2/h16-21,23H,3-15,22H2,1-2H3. The number of esters is 1. The van der Waals surface area contributed by atoms with Crippen molar-refractivity contribution in [3.05, 3.63) is 42.5 Å². The number of carbonyl (C=O) groups is 1. The maximum Gasteiger partial charge on any atom is 0.311 e. The van der Waals surface area contributed by atoms with Crippen LogP contribution in [-0.4, -0.2) is 17.6 Å². The third kappa shape index (κ3) is 9.39. The van der Waals surface area contributed by atoms with Gasteiger partial charge in [-0.1, -0.05) is 78.1 Å². The van der Waals surface area contributed by atoms with Gasteiger partial charge in [0.25, 0.3) is 0 Å². The first-order valence-corrected chi connectivity index (χ1v) is 13.5. The van der Waals surface area contributed by atoms with Gasteiger partial charge in [0.2, 0.25) is 5.89 Å². The number of unbranched alkanes of at least 4 members (excludes halogenated alkanes) is 10. The third-order valence-corrected chi connectivity index (χ3v) is 6.19. The van der Waals surface area contributed by atoms with Crippen LogP contribution >= 0.6 is 0 Å². The Morgan fingerprint density at radius 1 is 0.771 bits per heavy atom. The first-order valence-electron chi connectivity index (χ1n) is 13.5. The van der Waals surface area contributed by atoms with Gasteiger partial charge < -0.3 is 13.9 Å². The maximum absolute atomic E-state index is 12.2. The molecule has 0 saturated heterocycles. The summed E-state index contributed by atoms with van der Waals surface area (Å²) in [6, 6.07) is 13.1. The predicted octanol–water partition coefficient (Wildman–Crippen LogP) is 8.89. The predicted molar refractivity (Wildman–Crippen MR) is 142 cm³/mol. The van der Waals surface area contributed by atoms with Gasteiger partial charge in [0.1, 0.15) is 17.0 Å². The molecule has 5 heteroatoms. The van der Waals surface area contributed by atoms with Crippen molar-refractivity contribution in [2.24, 2.45) is 0 Å². The van der Waals surface area contributed by atoms with Crippen LogP contribution in [0.2, 0.25) is 0 Å². The van der Waals surface area contributed by atoms with Crippen molar-refractivity contribution in [2.45, 2.75) is 97.3 Å². The average Bonchev–Trinajstić information content (AvgIpc) is 3.29. The minimum atomic E-state index is -0.173. The van der Waals surface area contributed by atoms with E-state index in [4.69, 9.17) is 13.9 Å². The van der Waals surface area contributed by atoms with E-state index >= 15 is 0 Å². The van der Waals surface area contributed by atoms with Crippen LogP contribution in [0.4, 0.5) is 0 Å². The van der Waals surface area contributed by atoms with Crippen LogP contribution in [0.25, 0.3) is 22.6 Å². The number of rotatable bonds is 17. The highest BCUT2D eigenvalue weighted by molar-refractivity contribution is 5.78. The lowest BCUT2D eigenvalue weighted by molar-refractivity contribution is -0.134. The Morgan fingerprint density at radius 2 is 1.40 bits per heavy atom. The highest BCUT2D eigenvalue weighted by Crippen LogP contribution is 2.28. The van der Waals surface area contributed by atoms with E-state index in [1.807, 2.05) is 30.3 Å². The van der Waals surface area contributed by atoms with Gasteiger partial charge in [-0.15, -0.1) is 0 Å². The molecular weight excluding hydrogens is 438 g/mol. The van der Waals surface area contributed by atoms with E-state index in [1.165, 1.54) is 57.8 Å². The molecule has 0 saturated carbocycles. The van der Waals surface area contributed by atoms with Crippen LogP contribution < -0.4 is 9.47 Å². The summed E-state index contributed by atoms with van der Waals surface area (Å²) in [5, 5.41) is 0. The Morgan fingerprint density at radius 3 is 2.11 bits per heavy atom. The molecule has 0 fully saturated rings. The van der Waals surface area contributed by atoms with Crippen LogP contribution in [0.15, 0.2) is 46.9 Å². The lowest BCUT2D eigenvalue weighted by Gasteiger charge is -2.05. The minimum Gasteiger partial charge on any atom is -0.494 e. The van der Waals surface area contributed by atoms with E-state index in [-0.39, 0.29) is 5.97 Å². The SMILES string of the molecule is CCCCCCCCCCC(=O)Oc1ccc(-c2nc3cc(OCCCCCC)ccc3o2)cc1. The van der Waals surface area contributed by atoms with Gasteiger partial charge in [0.15, 0.2) is 5.58 Å². The van der Waals surface area contributed by atoms with E-state index in [2.05, 4.69) is 18.8 Å². The molecule has 35 heavy (non-hydrogen) atoms. The fourth-order valence-electron chi connectivity index (χ4n) is 4.09. The van der Waals surface area contributed by atoms with E-state index in [0.717, 1.165) is 48.3 Å². The second-order valence-corrected chi connectivity index (χ2v) is 9.28. The zero-order chi connectivity index (χ0) is 24.7. The number of ether oxygens (including phenoxy) is 2. The van der Waals surface area contributed by atoms with Crippen molar-refractivity contribution in [3.63, 3.8) is 0 Å². The molecule has 2 aromatic carbocycles. The molecule has 0 aliphatic carbocycles. The summed E-state index contributed by atoms with van der Waals surface area (Å²) in [7, 11) is 0. The van der Waals surface area contributed by atoms with E-state index in [9.17, 15) is 4.79 Å². The van der Waals surface area contributed by atoms with Crippen molar-refractivity contribution in [1.29, 1.82) is 0 Å². The summed E-state index contributed by atoms with van der Waals surface area (Å²) in [4.78, 5) is 16.8. The number of nitrogens with zero attached hydrogens (tertiary/aromatic N) is 1. The highest BCUT2D eigenvalue weighted by Gasteiger charge is 2.11. The summed E-state index contributed by atoms with van der Waals surface area (Å²) >= 11 is 0. The molecular formula is C30H41NO4. The minimum absolute atomic E-state index is 0.173. The van der Waals surface area contributed by atoms with Gasteiger partial charge in [-0.3, -0.25) is 4.79 Å². The van der Waals surface area contributed by atoms with Gasteiger partial charge in [-0.25, -0.2) is 4.98 Å². The molecule has 0 radical (unpaired) electrons. The Labute approximate surface area is 210 Å². The number of fused-ring (bicyclic) bond motifs is 1. The molecule has 0 aliphatic heterocycles. The average molecular weight is 480 g/mol. The van der Waals surface area contributed by atoms with Crippen LogP contribution in [0.3, 0.4) is 0 Å². The Hall–Kier alpha value is -2.82. The number of carbonyl (C=O) groups excluding carboxylic acids is 1. The number of oxazole rings is 1. The number of hydrogen-bond donors (Lipinski definition) is 0. The van der Waals surface area contributed by atoms with Crippen LogP contribution in [-0.2, 0) is 4.79 Å². The summed E-state index contributed by atoms with van der Waals surface area (Å²) in [5.74, 6) is 1.73.